The summed E-state index contributed by atoms with van der Waals surface area (Å²) in [5.41, 5.74) is 17.8. The van der Waals surface area contributed by atoms with Crippen molar-refractivity contribution in [3.63, 3.8) is 0 Å². The Bertz CT molecular complexity index is 1000. The number of primary amides is 1. The maximum Gasteiger partial charge on any atom is 0.408 e. The third-order valence-corrected chi connectivity index (χ3v) is 4.89. The molecule has 2 atom stereocenters. The Hall–Kier alpha value is -4.36. The number of alkyl carbamates (subject to hydrolysis) is 1. The van der Waals surface area contributed by atoms with Crippen LogP contribution < -0.4 is 27.8 Å². The highest BCUT2D eigenvalue weighted by atomic mass is 16.5. The molecule has 13 heteroatoms. The second kappa shape index (κ2) is 19.7. The van der Waals surface area contributed by atoms with Gasteiger partial charge in [-0.2, -0.15) is 0 Å². The zero-order chi connectivity index (χ0) is 29.8. The number of aliphatic hydroxyl groups excluding tert-OH is 1. The molecule has 0 spiro atoms. The molecule has 13 nitrogen and oxygen atoms in total. The number of carboxylic acids is 2. The SMILES string of the molecule is CC(C)[C@H](NC(=O)OCc1ccccc1)C(=O)O.NC(=O)NCCC[C@H](N)C(=O)O.Nc1ccc(CO)cc1. The van der Waals surface area contributed by atoms with E-state index in [-0.39, 0.29) is 19.1 Å². The number of nitrogen functional groups attached to an aromatic ring is 1. The van der Waals surface area contributed by atoms with E-state index in [0.717, 1.165) is 16.8 Å². The molecule has 3 amide bonds. The first kappa shape index (κ1) is 34.6. The van der Waals surface area contributed by atoms with E-state index in [1.165, 1.54) is 0 Å². The van der Waals surface area contributed by atoms with Gasteiger partial charge in [0.25, 0.3) is 0 Å². The van der Waals surface area contributed by atoms with Crippen LogP contribution in [0.1, 0.15) is 37.8 Å². The van der Waals surface area contributed by atoms with E-state index in [9.17, 15) is 19.2 Å². The van der Waals surface area contributed by atoms with Crippen LogP contribution in [0.5, 0.6) is 0 Å². The lowest BCUT2D eigenvalue weighted by molar-refractivity contribution is -0.140. The van der Waals surface area contributed by atoms with Gasteiger partial charge in [0.2, 0.25) is 0 Å². The summed E-state index contributed by atoms with van der Waals surface area (Å²) in [6.07, 6.45) is 0.117. The summed E-state index contributed by atoms with van der Waals surface area (Å²) in [4.78, 5) is 42.7. The lowest BCUT2D eigenvalue weighted by Gasteiger charge is -2.17. The number of urea groups is 1. The van der Waals surface area contributed by atoms with Crippen molar-refractivity contribution in [3.05, 3.63) is 65.7 Å². The molecule has 216 valence electrons. The van der Waals surface area contributed by atoms with Gasteiger partial charge in [0.05, 0.1) is 6.61 Å². The smallest absolute Gasteiger partial charge is 0.408 e. The maximum absolute atomic E-state index is 11.4. The Morgan fingerprint density at radius 3 is 1.97 bits per heavy atom. The molecule has 11 N–H and O–H groups in total. The van der Waals surface area contributed by atoms with Crippen molar-refractivity contribution >= 4 is 29.8 Å². The molecule has 39 heavy (non-hydrogen) atoms. The van der Waals surface area contributed by atoms with Crippen molar-refractivity contribution < 1.29 is 39.2 Å². The standard InChI is InChI=1S/C13H17NO4.C7H9NO.C6H13N3O3/c1-9(2)11(12(15)16)14-13(17)18-8-10-6-4-3-5-7-10;8-7-3-1-6(5-9)2-4-7;7-4(5(10)11)2-1-3-9-6(8)12/h3-7,9,11H,8H2,1-2H3,(H,14,17)(H,15,16);1-4,9H,5,8H2;4H,1-3,7H2,(H,10,11)(H3,8,9,12)/t11-;;4-/m0.0/s1. The molecule has 2 rings (SSSR count). The molecule has 0 fully saturated rings. The summed E-state index contributed by atoms with van der Waals surface area (Å²) in [5.74, 6) is -2.30. The van der Waals surface area contributed by atoms with Crippen LogP contribution in [0.4, 0.5) is 15.3 Å². The molecule has 0 aromatic heterocycles. The van der Waals surface area contributed by atoms with Crippen LogP contribution in [-0.2, 0) is 27.5 Å². The normalized spacial score (nSPS) is 11.4. The number of carbonyl (C=O) groups is 4. The van der Waals surface area contributed by atoms with E-state index in [2.05, 4.69) is 10.6 Å². The molecule has 0 unspecified atom stereocenters. The van der Waals surface area contributed by atoms with Crippen molar-refractivity contribution in [2.75, 3.05) is 12.3 Å². The largest absolute Gasteiger partial charge is 0.480 e. The lowest BCUT2D eigenvalue weighted by Crippen LogP contribution is -2.44. The highest BCUT2D eigenvalue weighted by Gasteiger charge is 2.23. The van der Waals surface area contributed by atoms with Crippen molar-refractivity contribution in [3.8, 4) is 0 Å². The number of anilines is 1. The van der Waals surface area contributed by atoms with Crippen LogP contribution in [0, 0.1) is 5.92 Å². The Balaban J connectivity index is 0.000000595. The fraction of sp³-hybridized carbons (Fsp3) is 0.385. The first-order valence-corrected chi connectivity index (χ1v) is 12.0. The number of benzene rings is 2. The molecule has 0 aliphatic heterocycles. The molecule has 0 saturated carbocycles. The third-order valence-electron chi connectivity index (χ3n) is 4.89. The molecular formula is C26H39N5O8. The number of aliphatic carboxylic acids is 2. The van der Waals surface area contributed by atoms with E-state index in [1.807, 2.05) is 30.3 Å². The quantitative estimate of drug-likeness (QED) is 0.149. The van der Waals surface area contributed by atoms with Gasteiger partial charge in [-0.25, -0.2) is 14.4 Å². The van der Waals surface area contributed by atoms with Gasteiger partial charge in [-0.1, -0.05) is 56.3 Å². The summed E-state index contributed by atoms with van der Waals surface area (Å²) in [6.45, 7) is 4.00. The molecular weight excluding hydrogens is 510 g/mol. The maximum atomic E-state index is 11.4. The predicted octanol–water partition coefficient (Wildman–Crippen LogP) is 1.63. The molecule has 0 aliphatic carbocycles. The van der Waals surface area contributed by atoms with Crippen molar-refractivity contribution in [1.82, 2.24) is 10.6 Å². The average molecular weight is 550 g/mol. The number of aliphatic hydroxyl groups is 1. The van der Waals surface area contributed by atoms with Gasteiger partial charge in [-0.3, -0.25) is 4.79 Å². The summed E-state index contributed by atoms with van der Waals surface area (Å²) in [6, 6.07) is 13.9. The fourth-order valence-corrected chi connectivity index (χ4v) is 2.69. The predicted molar refractivity (Wildman–Crippen MR) is 145 cm³/mol. The van der Waals surface area contributed by atoms with Crippen molar-refractivity contribution in [2.45, 2.75) is 52.0 Å². The van der Waals surface area contributed by atoms with E-state index >= 15 is 0 Å². The van der Waals surface area contributed by atoms with Crippen LogP contribution in [-0.4, -0.2) is 58.0 Å². The summed E-state index contributed by atoms with van der Waals surface area (Å²) in [5, 5.41) is 30.5. The summed E-state index contributed by atoms with van der Waals surface area (Å²) >= 11 is 0. The minimum absolute atomic E-state index is 0.0836. The summed E-state index contributed by atoms with van der Waals surface area (Å²) < 4.78 is 4.95. The van der Waals surface area contributed by atoms with Gasteiger partial charge in [-0.05, 0) is 42.0 Å². The van der Waals surface area contributed by atoms with Gasteiger partial charge >= 0.3 is 24.1 Å². The Morgan fingerprint density at radius 2 is 1.51 bits per heavy atom. The highest BCUT2D eigenvalue weighted by Crippen LogP contribution is 2.05. The van der Waals surface area contributed by atoms with E-state index in [4.69, 9.17) is 37.3 Å². The zero-order valence-electron chi connectivity index (χ0n) is 22.1. The van der Waals surface area contributed by atoms with Gasteiger partial charge in [0, 0.05) is 12.2 Å². The fourth-order valence-electron chi connectivity index (χ4n) is 2.69. The van der Waals surface area contributed by atoms with E-state index in [0.29, 0.717) is 19.4 Å². The summed E-state index contributed by atoms with van der Waals surface area (Å²) in [7, 11) is 0. The number of rotatable bonds is 11. The minimum atomic E-state index is -1.07. The topological polar surface area (TPSA) is 240 Å². The van der Waals surface area contributed by atoms with E-state index in [1.54, 1.807) is 38.1 Å². The van der Waals surface area contributed by atoms with Gasteiger partial charge in [-0.15, -0.1) is 0 Å². The van der Waals surface area contributed by atoms with Crippen LogP contribution in [0.2, 0.25) is 0 Å². The Morgan fingerprint density at radius 1 is 0.923 bits per heavy atom. The first-order chi connectivity index (χ1) is 18.4. The molecule has 2 aromatic rings. The number of carboxylic acid groups (broad SMARTS) is 2. The number of carbonyl (C=O) groups excluding carboxylic acids is 2. The number of ether oxygens (including phenoxy) is 1. The van der Waals surface area contributed by atoms with Crippen LogP contribution in [0.15, 0.2) is 54.6 Å². The number of nitrogens with one attached hydrogen (secondary N) is 2. The van der Waals surface area contributed by atoms with Gasteiger partial charge in [0.1, 0.15) is 18.7 Å². The lowest BCUT2D eigenvalue weighted by atomic mass is 10.1. The van der Waals surface area contributed by atoms with Crippen LogP contribution in [0.3, 0.4) is 0 Å². The Labute approximate surface area is 227 Å². The minimum Gasteiger partial charge on any atom is -0.480 e. The first-order valence-electron chi connectivity index (χ1n) is 12.0. The van der Waals surface area contributed by atoms with Crippen LogP contribution in [0.25, 0.3) is 0 Å². The van der Waals surface area contributed by atoms with Gasteiger partial charge < -0.3 is 47.9 Å². The molecule has 0 saturated heterocycles. The number of amides is 3. The number of hydrogen-bond donors (Lipinski definition) is 8. The second-order valence-corrected chi connectivity index (χ2v) is 8.54. The zero-order valence-corrected chi connectivity index (χ0v) is 22.1. The molecule has 0 radical (unpaired) electrons. The van der Waals surface area contributed by atoms with E-state index < -0.39 is 36.1 Å². The third kappa shape index (κ3) is 17.7. The molecule has 0 bridgehead atoms. The Kier molecular flexibility index (Phi) is 17.5. The molecule has 2 aromatic carbocycles. The molecule has 0 heterocycles. The monoisotopic (exact) mass is 549 g/mol. The van der Waals surface area contributed by atoms with Gasteiger partial charge in [0.15, 0.2) is 0 Å². The number of hydrogen-bond acceptors (Lipinski definition) is 8. The number of nitrogens with two attached hydrogens (primary N) is 3. The van der Waals surface area contributed by atoms with Crippen molar-refractivity contribution in [1.29, 1.82) is 0 Å². The van der Waals surface area contributed by atoms with Crippen molar-refractivity contribution in [2.24, 2.45) is 17.4 Å². The highest BCUT2D eigenvalue weighted by molar-refractivity contribution is 5.80. The molecule has 0 aliphatic rings. The average Bonchev–Trinajstić information content (AvgIpc) is 2.89. The van der Waals surface area contributed by atoms with Crippen LogP contribution >= 0.6 is 0 Å². The second-order valence-electron chi connectivity index (χ2n) is 8.54.